The largest absolute Gasteiger partial charge is 0.505 e. The van der Waals surface area contributed by atoms with E-state index in [1.807, 2.05) is 13.8 Å². The molecular weight excluding hydrogens is 336 g/mol. The monoisotopic (exact) mass is 360 g/mol. The second-order valence-electron chi connectivity index (χ2n) is 6.43. The van der Waals surface area contributed by atoms with E-state index in [0.717, 1.165) is 4.90 Å². The van der Waals surface area contributed by atoms with Gasteiger partial charge >= 0.3 is 0 Å². The number of amides is 3. The molecule has 0 aliphatic carbocycles. The molecule has 2 rings (SSSR count). The molecule has 3 N–H and O–H groups in total. The number of phenols is 1. The van der Waals surface area contributed by atoms with Crippen LogP contribution in [0, 0.1) is 0 Å². The molecule has 0 radical (unpaired) electrons. The molecule has 0 unspecified atom stereocenters. The first-order valence-corrected chi connectivity index (χ1v) is 8.36. The third-order valence-corrected chi connectivity index (χ3v) is 3.85. The van der Waals surface area contributed by atoms with E-state index in [1.54, 1.807) is 27.1 Å². The molecule has 8 heteroatoms. The minimum Gasteiger partial charge on any atom is -0.505 e. The highest BCUT2D eigenvalue weighted by atomic mass is 16.3. The Morgan fingerprint density at radius 2 is 1.81 bits per heavy atom. The summed E-state index contributed by atoms with van der Waals surface area (Å²) in [5.74, 6) is -1.56. The Morgan fingerprint density at radius 3 is 2.35 bits per heavy atom. The second kappa shape index (κ2) is 7.47. The standard InChI is InChI=1S/C18H24N4O4/c1-6-22-17(25)13(19-10(2)3)14(18(22)26)20-12-9-7-8-11(15(12)23)16(24)21(4)5/h7-10,19-20,23H,6H2,1-5H3. The van der Waals surface area contributed by atoms with Crippen LogP contribution in [0.1, 0.15) is 31.1 Å². The van der Waals surface area contributed by atoms with Gasteiger partial charge in [0.2, 0.25) is 0 Å². The van der Waals surface area contributed by atoms with Crippen molar-refractivity contribution in [2.45, 2.75) is 26.8 Å². The van der Waals surface area contributed by atoms with Crippen LogP contribution >= 0.6 is 0 Å². The molecule has 0 bridgehead atoms. The van der Waals surface area contributed by atoms with E-state index in [2.05, 4.69) is 10.6 Å². The number of para-hydroxylation sites is 1. The molecule has 8 nitrogen and oxygen atoms in total. The molecule has 1 aromatic rings. The number of likely N-dealkylation sites (N-methyl/N-ethyl adjacent to an activating group) is 1. The molecule has 0 spiro atoms. The molecule has 1 aliphatic heterocycles. The normalized spacial score (nSPS) is 14.3. The van der Waals surface area contributed by atoms with Gasteiger partial charge in [-0.3, -0.25) is 19.3 Å². The van der Waals surface area contributed by atoms with Crippen LogP contribution in [0.15, 0.2) is 29.6 Å². The molecule has 0 atom stereocenters. The molecular formula is C18H24N4O4. The Morgan fingerprint density at radius 1 is 1.19 bits per heavy atom. The number of carbonyl (C=O) groups excluding carboxylic acids is 3. The fourth-order valence-electron chi connectivity index (χ4n) is 2.59. The van der Waals surface area contributed by atoms with E-state index in [9.17, 15) is 19.5 Å². The summed E-state index contributed by atoms with van der Waals surface area (Å²) in [7, 11) is 3.15. The van der Waals surface area contributed by atoms with Gasteiger partial charge in [-0.1, -0.05) is 6.07 Å². The van der Waals surface area contributed by atoms with Crippen LogP contribution in [0.3, 0.4) is 0 Å². The maximum absolute atomic E-state index is 12.6. The predicted octanol–water partition coefficient (Wildman–Crippen LogP) is 1.10. The van der Waals surface area contributed by atoms with Gasteiger partial charge in [0.1, 0.15) is 11.4 Å². The Balaban J connectivity index is 2.46. The molecule has 0 fully saturated rings. The highest BCUT2D eigenvalue weighted by Crippen LogP contribution is 2.31. The molecule has 26 heavy (non-hydrogen) atoms. The van der Waals surface area contributed by atoms with Crippen molar-refractivity contribution in [3.63, 3.8) is 0 Å². The van der Waals surface area contributed by atoms with Gasteiger partial charge in [-0.15, -0.1) is 0 Å². The summed E-state index contributed by atoms with van der Waals surface area (Å²) in [6.45, 7) is 5.65. The van der Waals surface area contributed by atoms with Crippen molar-refractivity contribution < 1.29 is 19.5 Å². The molecule has 0 saturated carbocycles. The minimum atomic E-state index is -0.482. The number of rotatable bonds is 6. The van der Waals surface area contributed by atoms with Gasteiger partial charge in [-0.25, -0.2) is 0 Å². The highest BCUT2D eigenvalue weighted by Gasteiger charge is 2.38. The number of nitrogens with one attached hydrogen (secondary N) is 2. The van der Waals surface area contributed by atoms with Crippen LogP contribution < -0.4 is 10.6 Å². The van der Waals surface area contributed by atoms with Crippen molar-refractivity contribution in [3.8, 4) is 5.75 Å². The van der Waals surface area contributed by atoms with Gasteiger partial charge in [0.25, 0.3) is 17.7 Å². The number of hydrogen-bond donors (Lipinski definition) is 3. The average Bonchev–Trinajstić information content (AvgIpc) is 2.79. The zero-order valence-electron chi connectivity index (χ0n) is 15.6. The van der Waals surface area contributed by atoms with Crippen LogP contribution in [0.25, 0.3) is 0 Å². The Hall–Kier alpha value is -3.03. The fraction of sp³-hybridized carbons (Fsp3) is 0.389. The lowest BCUT2D eigenvalue weighted by atomic mass is 10.1. The molecule has 1 heterocycles. The number of phenolic OH excluding ortho intramolecular Hbond substituents is 1. The number of benzene rings is 1. The van der Waals surface area contributed by atoms with E-state index in [0.29, 0.717) is 0 Å². The van der Waals surface area contributed by atoms with Crippen molar-refractivity contribution in [2.75, 3.05) is 26.0 Å². The van der Waals surface area contributed by atoms with Gasteiger partial charge in [0.15, 0.2) is 5.75 Å². The number of carbonyl (C=O) groups is 3. The summed E-state index contributed by atoms with van der Waals surface area (Å²) < 4.78 is 0. The average molecular weight is 360 g/mol. The van der Waals surface area contributed by atoms with E-state index in [-0.39, 0.29) is 46.9 Å². The predicted molar refractivity (Wildman–Crippen MR) is 97.4 cm³/mol. The maximum atomic E-state index is 12.6. The first kappa shape index (κ1) is 19.3. The third kappa shape index (κ3) is 3.49. The molecule has 0 aromatic heterocycles. The van der Waals surface area contributed by atoms with Gasteiger partial charge in [0.05, 0.1) is 11.3 Å². The number of nitrogens with zero attached hydrogens (tertiary/aromatic N) is 2. The zero-order chi connectivity index (χ0) is 19.6. The number of aromatic hydroxyl groups is 1. The summed E-state index contributed by atoms with van der Waals surface area (Å²) in [5.41, 5.74) is 0.476. The fourth-order valence-corrected chi connectivity index (χ4v) is 2.59. The lowest BCUT2D eigenvalue weighted by molar-refractivity contribution is -0.137. The van der Waals surface area contributed by atoms with Crippen molar-refractivity contribution >= 4 is 23.4 Å². The van der Waals surface area contributed by atoms with Gasteiger partial charge in [0, 0.05) is 26.7 Å². The van der Waals surface area contributed by atoms with Crippen molar-refractivity contribution in [1.29, 1.82) is 0 Å². The Bertz CT molecular complexity index is 783. The van der Waals surface area contributed by atoms with E-state index in [4.69, 9.17) is 0 Å². The summed E-state index contributed by atoms with van der Waals surface area (Å²) in [4.78, 5) is 39.6. The summed E-state index contributed by atoms with van der Waals surface area (Å²) >= 11 is 0. The smallest absolute Gasteiger partial charge is 0.279 e. The van der Waals surface area contributed by atoms with E-state index >= 15 is 0 Å². The lowest BCUT2D eigenvalue weighted by Gasteiger charge is -2.16. The molecule has 3 amide bonds. The zero-order valence-corrected chi connectivity index (χ0v) is 15.6. The first-order valence-electron chi connectivity index (χ1n) is 8.36. The molecule has 140 valence electrons. The van der Waals surface area contributed by atoms with Gasteiger partial charge < -0.3 is 20.6 Å². The van der Waals surface area contributed by atoms with Crippen molar-refractivity contribution in [2.24, 2.45) is 0 Å². The van der Waals surface area contributed by atoms with Crippen LogP contribution in [0.4, 0.5) is 5.69 Å². The SMILES string of the molecule is CCN1C(=O)C(Nc2cccc(C(=O)N(C)C)c2O)=C(NC(C)C)C1=O. The maximum Gasteiger partial charge on any atom is 0.279 e. The first-order chi connectivity index (χ1) is 12.2. The topological polar surface area (TPSA) is 102 Å². The molecule has 0 saturated heterocycles. The Kier molecular flexibility index (Phi) is 5.54. The number of hydrogen-bond acceptors (Lipinski definition) is 6. The summed E-state index contributed by atoms with van der Waals surface area (Å²) in [6, 6.07) is 4.55. The van der Waals surface area contributed by atoms with Crippen LogP contribution in [0.5, 0.6) is 5.75 Å². The van der Waals surface area contributed by atoms with Crippen molar-refractivity contribution in [1.82, 2.24) is 15.1 Å². The molecule has 1 aromatic carbocycles. The van der Waals surface area contributed by atoms with E-state index < -0.39 is 11.8 Å². The number of anilines is 1. The highest BCUT2D eigenvalue weighted by molar-refractivity contribution is 6.20. The lowest BCUT2D eigenvalue weighted by Crippen LogP contribution is -2.34. The van der Waals surface area contributed by atoms with Crippen LogP contribution in [-0.4, -0.2) is 59.3 Å². The van der Waals surface area contributed by atoms with E-state index in [1.165, 1.54) is 17.0 Å². The van der Waals surface area contributed by atoms with Crippen molar-refractivity contribution in [3.05, 3.63) is 35.2 Å². The van der Waals surface area contributed by atoms with Gasteiger partial charge in [-0.2, -0.15) is 0 Å². The second-order valence-corrected chi connectivity index (χ2v) is 6.43. The quantitative estimate of drug-likeness (QED) is 0.519. The third-order valence-electron chi connectivity index (χ3n) is 3.85. The number of imide groups is 1. The van der Waals surface area contributed by atoms with Crippen LogP contribution in [-0.2, 0) is 9.59 Å². The summed E-state index contributed by atoms with van der Waals surface area (Å²) in [6.07, 6.45) is 0. The minimum absolute atomic E-state index is 0.0512. The van der Waals surface area contributed by atoms with Gasteiger partial charge in [-0.05, 0) is 32.9 Å². The Labute approximate surface area is 152 Å². The van der Waals surface area contributed by atoms with Crippen LogP contribution in [0.2, 0.25) is 0 Å². The molecule has 1 aliphatic rings. The summed E-state index contributed by atoms with van der Waals surface area (Å²) in [5, 5.41) is 16.3.